The smallest absolute Gasteiger partial charge is 0.123 e. The molecule has 0 bridgehead atoms. The molecule has 2 N–H and O–H groups in total. The normalized spacial score (nSPS) is 15.7. The lowest BCUT2D eigenvalue weighted by atomic mass is 9.79. The lowest BCUT2D eigenvalue weighted by Crippen LogP contribution is -2.54. The predicted octanol–water partition coefficient (Wildman–Crippen LogP) is 3.17. The van der Waals surface area contributed by atoms with Gasteiger partial charge in [-0.05, 0) is 50.7 Å². The van der Waals surface area contributed by atoms with Crippen molar-refractivity contribution >= 4 is 0 Å². The molecule has 0 aliphatic rings. The molecule has 21 heavy (non-hydrogen) atoms. The van der Waals surface area contributed by atoms with Gasteiger partial charge in [0.1, 0.15) is 5.82 Å². The highest BCUT2D eigenvalue weighted by Crippen LogP contribution is 2.29. The van der Waals surface area contributed by atoms with Crippen molar-refractivity contribution in [1.29, 1.82) is 0 Å². The molecular weight excluding hydrogens is 263 g/mol. The number of rotatable bonds is 5. The van der Waals surface area contributed by atoms with Crippen LogP contribution < -0.4 is 5.73 Å². The van der Waals surface area contributed by atoms with Crippen molar-refractivity contribution in [3.8, 4) is 0 Å². The Labute approximate surface area is 126 Å². The fourth-order valence-corrected chi connectivity index (χ4v) is 2.65. The summed E-state index contributed by atoms with van der Waals surface area (Å²) >= 11 is 0. The van der Waals surface area contributed by atoms with Gasteiger partial charge < -0.3 is 10.6 Å². The molecule has 0 aliphatic heterocycles. The first-order valence-electron chi connectivity index (χ1n) is 7.19. The van der Waals surface area contributed by atoms with Gasteiger partial charge in [0.2, 0.25) is 0 Å². The van der Waals surface area contributed by atoms with Gasteiger partial charge in [-0.3, -0.25) is 0 Å². The molecule has 2 unspecified atom stereocenters. The van der Waals surface area contributed by atoms with Gasteiger partial charge in [0, 0.05) is 6.04 Å². The molecule has 2 aromatic carbocycles. The Morgan fingerprint density at radius 1 is 1.05 bits per heavy atom. The summed E-state index contributed by atoms with van der Waals surface area (Å²) in [7, 11) is 4.03. The molecule has 0 fully saturated rings. The molecule has 3 heteroatoms. The average molecular weight is 286 g/mol. The van der Waals surface area contributed by atoms with Crippen molar-refractivity contribution in [2.24, 2.45) is 5.73 Å². The van der Waals surface area contributed by atoms with Crippen LogP contribution in [0.2, 0.25) is 0 Å². The monoisotopic (exact) mass is 286 g/mol. The summed E-state index contributed by atoms with van der Waals surface area (Å²) in [4.78, 5) is 2.10. The number of nitrogens with two attached hydrogens (primary N) is 1. The topological polar surface area (TPSA) is 29.3 Å². The Bertz CT molecular complexity index is 566. The van der Waals surface area contributed by atoms with Gasteiger partial charge in [-0.1, -0.05) is 42.5 Å². The van der Waals surface area contributed by atoms with Crippen LogP contribution in [0.3, 0.4) is 0 Å². The fourth-order valence-electron chi connectivity index (χ4n) is 2.65. The number of hydrogen-bond donors (Lipinski definition) is 1. The predicted molar refractivity (Wildman–Crippen MR) is 85.6 cm³/mol. The molecule has 0 amide bonds. The van der Waals surface area contributed by atoms with E-state index in [-0.39, 0.29) is 11.9 Å². The Morgan fingerprint density at radius 3 is 2.14 bits per heavy atom. The van der Waals surface area contributed by atoms with Crippen LogP contribution in [0.4, 0.5) is 4.39 Å². The molecule has 2 aromatic rings. The summed E-state index contributed by atoms with van der Waals surface area (Å²) in [6, 6.07) is 16.8. The van der Waals surface area contributed by atoms with Crippen LogP contribution in [-0.4, -0.2) is 25.0 Å². The SMILES string of the molecule is CC(N(C)C)C(N)(Cc1ccccc1)c1ccc(F)cc1. The van der Waals surface area contributed by atoms with Crippen LogP contribution >= 0.6 is 0 Å². The van der Waals surface area contributed by atoms with Crippen LogP contribution in [0.5, 0.6) is 0 Å². The average Bonchev–Trinajstić information content (AvgIpc) is 2.47. The molecule has 112 valence electrons. The van der Waals surface area contributed by atoms with E-state index in [9.17, 15) is 4.39 Å². The van der Waals surface area contributed by atoms with E-state index >= 15 is 0 Å². The molecule has 2 atom stereocenters. The molecule has 0 aromatic heterocycles. The van der Waals surface area contributed by atoms with E-state index < -0.39 is 5.54 Å². The van der Waals surface area contributed by atoms with E-state index in [0.29, 0.717) is 6.42 Å². The van der Waals surface area contributed by atoms with Crippen molar-refractivity contribution < 1.29 is 4.39 Å². The third-order valence-corrected chi connectivity index (χ3v) is 4.24. The Hall–Kier alpha value is -1.71. The summed E-state index contributed by atoms with van der Waals surface area (Å²) in [5, 5.41) is 0. The highest BCUT2D eigenvalue weighted by Gasteiger charge is 2.35. The zero-order chi connectivity index (χ0) is 15.5. The van der Waals surface area contributed by atoms with Crippen LogP contribution in [-0.2, 0) is 12.0 Å². The summed E-state index contributed by atoms with van der Waals surface area (Å²) in [5.41, 5.74) is 8.34. The molecule has 0 heterocycles. The van der Waals surface area contributed by atoms with Crippen LogP contribution in [0.25, 0.3) is 0 Å². The lowest BCUT2D eigenvalue weighted by molar-refractivity contribution is 0.190. The van der Waals surface area contributed by atoms with Crippen molar-refractivity contribution in [3.05, 3.63) is 71.5 Å². The van der Waals surface area contributed by atoms with Crippen LogP contribution in [0, 0.1) is 5.82 Å². The van der Waals surface area contributed by atoms with E-state index in [4.69, 9.17) is 5.73 Å². The molecule has 2 rings (SSSR count). The molecule has 0 spiro atoms. The van der Waals surface area contributed by atoms with Gasteiger partial charge in [0.25, 0.3) is 0 Å². The van der Waals surface area contributed by atoms with Crippen molar-refractivity contribution in [2.75, 3.05) is 14.1 Å². The number of hydrogen-bond acceptors (Lipinski definition) is 2. The minimum absolute atomic E-state index is 0.114. The molecule has 0 saturated carbocycles. The zero-order valence-electron chi connectivity index (χ0n) is 12.9. The first-order chi connectivity index (χ1) is 9.93. The second-order valence-corrected chi connectivity index (χ2v) is 5.85. The van der Waals surface area contributed by atoms with Crippen LogP contribution in [0.15, 0.2) is 54.6 Å². The Morgan fingerprint density at radius 2 is 1.62 bits per heavy atom. The van der Waals surface area contributed by atoms with Gasteiger partial charge >= 0.3 is 0 Å². The van der Waals surface area contributed by atoms with E-state index in [1.165, 1.54) is 17.7 Å². The fraction of sp³-hybridized carbons (Fsp3) is 0.333. The molecular formula is C18H23FN2. The number of nitrogens with zero attached hydrogens (tertiary/aromatic N) is 1. The quantitative estimate of drug-likeness (QED) is 0.914. The zero-order valence-corrected chi connectivity index (χ0v) is 12.9. The highest BCUT2D eigenvalue weighted by molar-refractivity contribution is 5.30. The van der Waals surface area contributed by atoms with Crippen molar-refractivity contribution in [3.63, 3.8) is 0 Å². The summed E-state index contributed by atoms with van der Waals surface area (Å²) in [6.07, 6.45) is 0.707. The molecule has 0 saturated heterocycles. The summed E-state index contributed by atoms with van der Waals surface area (Å²) in [5.74, 6) is -0.238. The summed E-state index contributed by atoms with van der Waals surface area (Å²) < 4.78 is 13.2. The maximum Gasteiger partial charge on any atom is 0.123 e. The van der Waals surface area contributed by atoms with E-state index in [0.717, 1.165) is 5.56 Å². The number of likely N-dealkylation sites (N-methyl/N-ethyl adjacent to an activating group) is 1. The standard InChI is InChI=1S/C18H23FN2/c1-14(21(2)3)18(20,13-15-7-5-4-6-8-15)16-9-11-17(19)12-10-16/h4-12,14H,13,20H2,1-3H3. The van der Waals surface area contributed by atoms with E-state index in [1.54, 1.807) is 12.1 Å². The lowest BCUT2D eigenvalue weighted by Gasteiger charge is -2.40. The highest BCUT2D eigenvalue weighted by atomic mass is 19.1. The number of halogens is 1. The van der Waals surface area contributed by atoms with Crippen molar-refractivity contribution in [2.45, 2.75) is 24.9 Å². The maximum atomic E-state index is 13.2. The minimum Gasteiger partial charge on any atom is -0.320 e. The minimum atomic E-state index is -0.571. The molecule has 0 aliphatic carbocycles. The van der Waals surface area contributed by atoms with Gasteiger partial charge in [-0.2, -0.15) is 0 Å². The third-order valence-electron chi connectivity index (χ3n) is 4.24. The second-order valence-electron chi connectivity index (χ2n) is 5.85. The second kappa shape index (κ2) is 6.37. The van der Waals surface area contributed by atoms with Gasteiger partial charge in [-0.15, -0.1) is 0 Å². The molecule has 0 radical (unpaired) electrons. The van der Waals surface area contributed by atoms with Gasteiger partial charge in [0.05, 0.1) is 5.54 Å². The van der Waals surface area contributed by atoms with E-state index in [1.807, 2.05) is 32.3 Å². The first kappa shape index (κ1) is 15.7. The maximum absolute atomic E-state index is 13.2. The Balaban J connectivity index is 2.41. The Kier molecular flexibility index (Phi) is 4.76. The molecule has 2 nitrogen and oxygen atoms in total. The largest absolute Gasteiger partial charge is 0.320 e. The third kappa shape index (κ3) is 3.49. The van der Waals surface area contributed by atoms with E-state index in [2.05, 4.69) is 24.0 Å². The van der Waals surface area contributed by atoms with Gasteiger partial charge in [-0.25, -0.2) is 4.39 Å². The van der Waals surface area contributed by atoms with Crippen LogP contribution in [0.1, 0.15) is 18.1 Å². The summed E-state index contributed by atoms with van der Waals surface area (Å²) in [6.45, 7) is 2.10. The number of benzene rings is 2. The van der Waals surface area contributed by atoms with Gasteiger partial charge in [0.15, 0.2) is 0 Å². The van der Waals surface area contributed by atoms with Crippen molar-refractivity contribution in [1.82, 2.24) is 4.90 Å². The first-order valence-corrected chi connectivity index (χ1v) is 7.19.